The Balaban J connectivity index is 2.14. The van der Waals surface area contributed by atoms with Crippen molar-refractivity contribution < 1.29 is 0 Å². The van der Waals surface area contributed by atoms with E-state index in [0.29, 0.717) is 6.04 Å². The highest BCUT2D eigenvalue weighted by molar-refractivity contribution is 6.30. The summed E-state index contributed by atoms with van der Waals surface area (Å²) in [5, 5.41) is 4.47. The SMILES string of the molecule is CCC(NCc1c(C)cc(C)cc1C)c1cccc(Cl)c1. The van der Waals surface area contributed by atoms with Gasteiger partial charge < -0.3 is 5.32 Å². The van der Waals surface area contributed by atoms with E-state index in [-0.39, 0.29) is 0 Å². The van der Waals surface area contributed by atoms with Crippen LogP contribution < -0.4 is 5.32 Å². The van der Waals surface area contributed by atoms with Gasteiger partial charge in [-0.2, -0.15) is 0 Å². The van der Waals surface area contributed by atoms with Crippen molar-refractivity contribution in [1.82, 2.24) is 5.32 Å². The van der Waals surface area contributed by atoms with E-state index in [0.717, 1.165) is 18.0 Å². The molecule has 0 amide bonds. The molecule has 112 valence electrons. The zero-order valence-electron chi connectivity index (χ0n) is 13.3. The summed E-state index contributed by atoms with van der Waals surface area (Å²) < 4.78 is 0. The first-order chi connectivity index (χ1) is 10.0. The van der Waals surface area contributed by atoms with Crippen molar-refractivity contribution in [3.05, 3.63) is 69.2 Å². The van der Waals surface area contributed by atoms with Crippen molar-refractivity contribution in [2.45, 2.75) is 46.7 Å². The van der Waals surface area contributed by atoms with Gasteiger partial charge in [-0.1, -0.05) is 48.4 Å². The largest absolute Gasteiger partial charge is 0.306 e. The topological polar surface area (TPSA) is 12.0 Å². The van der Waals surface area contributed by atoms with Crippen molar-refractivity contribution in [3.8, 4) is 0 Å². The van der Waals surface area contributed by atoms with Gasteiger partial charge in [0.25, 0.3) is 0 Å². The monoisotopic (exact) mass is 301 g/mol. The van der Waals surface area contributed by atoms with Gasteiger partial charge in [-0.3, -0.25) is 0 Å². The first kappa shape index (κ1) is 16.1. The maximum atomic E-state index is 6.10. The van der Waals surface area contributed by atoms with Crippen LogP contribution in [-0.2, 0) is 6.54 Å². The Bertz CT molecular complexity index is 596. The summed E-state index contributed by atoms with van der Waals surface area (Å²) in [7, 11) is 0. The Morgan fingerprint density at radius 2 is 1.71 bits per heavy atom. The van der Waals surface area contributed by atoms with E-state index < -0.39 is 0 Å². The van der Waals surface area contributed by atoms with Crippen LogP contribution in [0.15, 0.2) is 36.4 Å². The van der Waals surface area contributed by atoms with E-state index in [2.05, 4.69) is 57.3 Å². The molecule has 0 aliphatic rings. The van der Waals surface area contributed by atoms with E-state index in [4.69, 9.17) is 11.6 Å². The van der Waals surface area contributed by atoms with Gasteiger partial charge >= 0.3 is 0 Å². The molecule has 1 atom stereocenters. The lowest BCUT2D eigenvalue weighted by Crippen LogP contribution is -2.21. The normalized spacial score (nSPS) is 12.4. The molecule has 2 aromatic rings. The Morgan fingerprint density at radius 3 is 2.29 bits per heavy atom. The van der Waals surface area contributed by atoms with Gasteiger partial charge in [0.15, 0.2) is 0 Å². The average Bonchev–Trinajstić information content (AvgIpc) is 2.41. The molecule has 0 aliphatic carbocycles. The minimum Gasteiger partial charge on any atom is -0.306 e. The highest BCUT2D eigenvalue weighted by atomic mass is 35.5. The van der Waals surface area contributed by atoms with Crippen LogP contribution in [0.5, 0.6) is 0 Å². The van der Waals surface area contributed by atoms with Crippen molar-refractivity contribution in [2.24, 2.45) is 0 Å². The fourth-order valence-corrected chi connectivity index (χ4v) is 3.13. The molecule has 21 heavy (non-hydrogen) atoms. The van der Waals surface area contributed by atoms with Crippen LogP contribution in [0.4, 0.5) is 0 Å². The molecular formula is C19H24ClN. The second-order valence-corrected chi connectivity index (χ2v) is 6.21. The van der Waals surface area contributed by atoms with Crippen LogP contribution in [0.2, 0.25) is 5.02 Å². The van der Waals surface area contributed by atoms with E-state index in [1.807, 2.05) is 12.1 Å². The Hall–Kier alpha value is -1.31. The molecule has 2 heteroatoms. The molecule has 1 nitrogen and oxygen atoms in total. The van der Waals surface area contributed by atoms with E-state index in [1.54, 1.807) is 0 Å². The molecule has 0 aliphatic heterocycles. The van der Waals surface area contributed by atoms with E-state index in [9.17, 15) is 0 Å². The fraction of sp³-hybridized carbons (Fsp3) is 0.368. The summed E-state index contributed by atoms with van der Waals surface area (Å²) >= 11 is 6.10. The summed E-state index contributed by atoms with van der Waals surface area (Å²) in [6.45, 7) is 9.63. The molecule has 2 rings (SSSR count). The summed E-state index contributed by atoms with van der Waals surface area (Å²) in [5.74, 6) is 0. The first-order valence-electron chi connectivity index (χ1n) is 7.56. The van der Waals surface area contributed by atoms with Gasteiger partial charge in [-0.25, -0.2) is 0 Å². The zero-order valence-corrected chi connectivity index (χ0v) is 14.1. The third-order valence-electron chi connectivity index (χ3n) is 4.02. The molecular weight excluding hydrogens is 278 g/mol. The van der Waals surface area contributed by atoms with Crippen LogP contribution in [0.25, 0.3) is 0 Å². The van der Waals surface area contributed by atoms with Gasteiger partial charge in [-0.05, 0) is 61.6 Å². The lowest BCUT2D eigenvalue weighted by atomic mass is 9.98. The molecule has 1 unspecified atom stereocenters. The third kappa shape index (κ3) is 4.09. The number of hydrogen-bond donors (Lipinski definition) is 1. The minimum atomic E-state index is 0.337. The van der Waals surface area contributed by atoms with Crippen LogP contribution in [-0.4, -0.2) is 0 Å². The summed E-state index contributed by atoms with van der Waals surface area (Å²) in [4.78, 5) is 0. The van der Waals surface area contributed by atoms with Gasteiger partial charge in [0.05, 0.1) is 0 Å². The molecule has 1 N–H and O–H groups in total. The molecule has 0 radical (unpaired) electrons. The van der Waals surface area contributed by atoms with Crippen LogP contribution in [0.3, 0.4) is 0 Å². The lowest BCUT2D eigenvalue weighted by Gasteiger charge is -2.20. The highest BCUT2D eigenvalue weighted by Crippen LogP contribution is 2.22. The molecule has 0 fully saturated rings. The smallest absolute Gasteiger partial charge is 0.0409 e. The van der Waals surface area contributed by atoms with Crippen molar-refractivity contribution >= 4 is 11.6 Å². The minimum absolute atomic E-state index is 0.337. The van der Waals surface area contributed by atoms with Gasteiger partial charge in [0.2, 0.25) is 0 Å². The molecule has 0 spiro atoms. The standard InChI is InChI=1S/C19H24ClN/c1-5-19(16-7-6-8-17(20)11-16)21-12-18-14(3)9-13(2)10-15(18)4/h6-11,19,21H,5,12H2,1-4H3. The van der Waals surface area contributed by atoms with E-state index in [1.165, 1.54) is 27.8 Å². The quantitative estimate of drug-likeness (QED) is 0.768. The molecule has 0 aromatic heterocycles. The molecule has 2 aromatic carbocycles. The highest BCUT2D eigenvalue weighted by Gasteiger charge is 2.11. The summed E-state index contributed by atoms with van der Waals surface area (Å²) in [6, 6.07) is 13.0. The number of halogens is 1. The fourth-order valence-electron chi connectivity index (χ4n) is 2.94. The van der Waals surface area contributed by atoms with Crippen LogP contribution in [0, 0.1) is 20.8 Å². The van der Waals surface area contributed by atoms with Crippen molar-refractivity contribution in [3.63, 3.8) is 0 Å². The van der Waals surface area contributed by atoms with Crippen molar-refractivity contribution in [1.29, 1.82) is 0 Å². The third-order valence-corrected chi connectivity index (χ3v) is 4.26. The Morgan fingerprint density at radius 1 is 1.05 bits per heavy atom. The summed E-state index contributed by atoms with van der Waals surface area (Å²) in [5.41, 5.74) is 6.71. The predicted octanol–water partition coefficient (Wildman–Crippen LogP) is 5.51. The average molecular weight is 302 g/mol. The Labute approximate surface area is 133 Å². The van der Waals surface area contributed by atoms with Crippen molar-refractivity contribution in [2.75, 3.05) is 0 Å². The maximum Gasteiger partial charge on any atom is 0.0409 e. The number of rotatable bonds is 5. The number of nitrogens with one attached hydrogen (secondary N) is 1. The van der Waals surface area contributed by atoms with E-state index >= 15 is 0 Å². The number of benzene rings is 2. The van der Waals surface area contributed by atoms with Gasteiger partial charge in [0, 0.05) is 17.6 Å². The molecule has 0 saturated carbocycles. The second kappa shape index (κ2) is 7.11. The maximum absolute atomic E-state index is 6.10. The number of aryl methyl sites for hydroxylation is 3. The van der Waals surface area contributed by atoms with Gasteiger partial charge in [0.1, 0.15) is 0 Å². The van der Waals surface area contributed by atoms with Crippen LogP contribution in [0.1, 0.15) is 47.2 Å². The molecule has 0 heterocycles. The predicted molar refractivity (Wildman–Crippen MR) is 92.0 cm³/mol. The second-order valence-electron chi connectivity index (χ2n) is 5.77. The lowest BCUT2D eigenvalue weighted by molar-refractivity contribution is 0.517. The van der Waals surface area contributed by atoms with Crippen LogP contribution >= 0.6 is 11.6 Å². The zero-order chi connectivity index (χ0) is 15.4. The summed E-state index contributed by atoms with van der Waals surface area (Å²) in [6.07, 6.45) is 1.05. The Kier molecular flexibility index (Phi) is 5.44. The van der Waals surface area contributed by atoms with Gasteiger partial charge in [-0.15, -0.1) is 0 Å². The molecule has 0 saturated heterocycles. The number of hydrogen-bond acceptors (Lipinski definition) is 1. The molecule has 0 bridgehead atoms. The first-order valence-corrected chi connectivity index (χ1v) is 7.94.